The first-order chi connectivity index (χ1) is 25.8. The predicted molar refractivity (Wildman–Crippen MR) is 228 cm³/mol. The van der Waals surface area contributed by atoms with Crippen molar-refractivity contribution in [3.8, 4) is 5.75 Å². The van der Waals surface area contributed by atoms with Gasteiger partial charge in [0.05, 0.1) is 5.54 Å². The van der Waals surface area contributed by atoms with Crippen molar-refractivity contribution in [3.63, 3.8) is 0 Å². The first kappa shape index (κ1) is 49.1. The summed E-state index contributed by atoms with van der Waals surface area (Å²) in [7, 11) is 1.88. The van der Waals surface area contributed by atoms with Crippen LogP contribution in [0, 0.1) is 11.8 Å². The fourth-order valence-electron chi connectivity index (χ4n) is 7.74. The Morgan fingerprint density at radius 3 is 1.38 bits per heavy atom. The van der Waals surface area contributed by atoms with Gasteiger partial charge in [-0.05, 0) is 57.7 Å². The minimum absolute atomic E-state index is 0.101. The largest absolute Gasteiger partial charge is 0.490 e. The van der Waals surface area contributed by atoms with Gasteiger partial charge in [-0.2, -0.15) is 0 Å². The average Bonchev–Trinajstić information content (AvgIpc) is 3.16. The molecule has 0 spiro atoms. The summed E-state index contributed by atoms with van der Waals surface area (Å²) in [5, 5.41) is 3.15. The van der Waals surface area contributed by atoms with Crippen LogP contribution >= 0.6 is 0 Å². The fourth-order valence-corrected chi connectivity index (χ4v) is 7.74. The maximum Gasteiger partial charge on any atom is 0.305 e. The highest BCUT2D eigenvalue weighted by atomic mass is 16.6. The third-order valence-corrected chi connectivity index (χ3v) is 11.6. The molecule has 0 amide bonds. The van der Waals surface area contributed by atoms with E-state index in [0.29, 0.717) is 31.8 Å². The standard InChI is InChI=1S/C48H87NO4/c1-6-8-10-12-18-25-33-43(35-27-20-14-16-22-31-39-46(50)48(3,4)49-5)44(34-26-19-13-11-9-7-2)36-28-21-15-17-23-32-40-47(51)53-42-41-52-45-37-29-24-30-38-45/h24,29-30,37-38,43-44,49H,6-23,25-28,31-36,39-42H2,1-5H3. The van der Waals surface area contributed by atoms with Gasteiger partial charge in [-0.15, -0.1) is 0 Å². The summed E-state index contributed by atoms with van der Waals surface area (Å²) in [6, 6.07) is 9.67. The highest BCUT2D eigenvalue weighted by molar-refractivity contribution is 5.87. The summed E-state index contributed by atoms with van der Waals surface area (Å²) >= 11 is 0. The van der Waals surface area contributed by atoms with E-state index in [1.807, 2.05) is 51.2 Å². The number of para-hydroxylation sites is 1. The van der Waals surface area contributed by atoms with Gasteiger partial charge in [-0.25, -0.2) is 0 Å². The van der Waals surface area contributed by atoms with E-state index < -0.39 is 5.54 Å². The lowest BCUT2D eigenvalue weighted by Crippen LogP contribution is -2.44. The van der Waals surface area contributed by atoms with E-state index in [1.165, 1.54) is 161 Å². The number of benzene rings is 1. The summed E-state index contributed by atoms with van der Waals surface area (Å²) < 4.78 is 11.0. The van der Waals surface area contributed by atoms with Crippen molar-refractivity contribution < 1.29 is 19.1 Å². The van der Waals surface area contributed by atoms with Crippen LogP contribution in [-0.4, -0.2) is 37.6 Å². The lowest BCUT2D eigenvalue weighted by molar-refractivity contribution is -0.144. The number of hydrogen-bond acceptors (Lipinski definition) is 5. The van der Waals surface area contributed by atoms with Crippen molar-refractivity contribution in [2.75, 3.05) is 20.3 Å². The van der Waals surface area contributed by atoms with Crippen LogP contribution in [0.2, 0.25) is 0 Å². The Morgan fingerprint density at radius 2 is 0.943 bits per heavy atom. The number of unbranched alkanes of at least 4 members (excludes halogenated alkanes) is 20. The van der Waals surface area contributed by atoms with Crippen molar-refractivity contribution >= 4 is 11.8 Å². The average molecular weight is 742 g/mol. The number of nitrogens with one attached hydrogen (secondary N) is 1. The number of carbonyl (C=O) groups excluding carboxylic acids is 2. The Hall–Kier alpha value is -1.88. The minimum Gasteiger partial charge on any atom is -0.490 e. The molecule has 0 bridgehead atoms. The second-order valence-corrected chi connectivity index (χ2v) is 16.6. The summed E-state index contributed by atoms with van der Waals surface area (Å²) in [6.07, 6.45) is 38.4. The summed E-state index contributed by atoms with van der Waals surface area (Å²) in [6.45, 7) is 9.33. The molecule has 0 aliphatic carbocycles. The van der Waals surface area contributed by atoms with Crippen molar-refractivity contribution in [2.24, 2.45) is 11.8 Å². The van der Waals surface area contributed by atoms with E-state index in [2.05, 4.69) is 19.2 Å². The maximum atomic E-state index is 12.4. The molecule has 0 saturated heterocycles. The molecule has 1 aromatic rings. The molecule has 0 fully saturated rings. The first-order valence-electron chi connectivity index (χ1n) is 22.9. The Morgan fingerprint density at radius 1 is 0.547 bits per heavy atom. The number of esters is 1. The highest BCUT2D eigenvalue weighted by Crippen LogP contribution is 2.34. The van der Waals surface area contributed by atoms with Gasteiger partial charge in [0.15, 0.2) is 5.78 Å². The van der Waals surface area contributed by atoms with Crippen molar-refractivity contribution in [1.82, 2.24) is 5.32 Å². The van der Waals surface area contributed by atoms with E-state index in [9.17, 15) is 9.59 Å². The van der Waals surface area contributed by atoms with Gasteiger partial charge in [0.1, 0.15) is 19.0 Å². The molecular formula is C48H87NO4. The van der Waals surface area contributed by atoms with Gasteiger partial charge >= 0.3 is 5.97 Å². The molecule has 1 rings (SSSR count). The Bertz CT molecular complexity index is 964. The molecule has 2 atom stereocenters. The number of carbonyl (C=O) groups is 2. The molecule has 5 heteroatoms. The zero-order valence-corrected chi connectivity index (χ0v) is 35.8. The molecule has 53 heavy (non-hydrogen) atoms. The van der Waals surface area contributed by atoms with Gasteiger partial charge in [0.2, 0.25) is 0 Å². The minimum atomic E-state index is -0.395. The molecule has 0 heterocycles. The first-order valence-corrected chi connectivity index (χ1v) is 22.9. The molecule has 1 aromatic carbocycles. The van der Waals surface area contributed by atoms with Crippen LogP contribution in [0.25, 0.3) is 0 Å². The van der Waals surface area contributed by atoms with Crippen molar-refractivity contribution in [3.05, 3.63) is 30.3 Å². The van der Waals surface area contributed by atoms with Crippen LogP contribution in [0.5, 0.6) is 5.75 Å². The van der Waals surface area contributed by atoms with E-state index in [4.69, 9.17) is 9.47 Å². The topological polar surface area (TPSA) is 64.6 Å². The maximum absolute atomic E-state index is 12.4. The van der Waals surface area contributed by atoms with Crippen LogP contribution in [0.15, 0.2) is 30.3 Å². The van der Waals surface area contributed by atoms with Gasteiger partial charge in [-0.1, -0.05) is 199 Å². The smallest absolute Gasteiger partial charge is 0.305 e. The number of ketones is 1. The normalized spacial score (nSPS) is 12.8. The van der Waals surface area contributed by atoms with Gasteiger partial charge in [0, 0.05) is 12.8 Å². The molecule has 0 aliphatic heterocycles. The summed E-state index contributed by atoms with van der Waals surface area (Å²) in [4.78, 5) is 24.6. The summed E-state index contributed by atoms with van der Waals surface area (Å²) in [5.74, 6) is 2.83. The second-order valence-electron chi connectivity index (χ2n) is 16.6. The van der Waals surface area contributed by atoms with Crippen LogP contribution in [0.4, 0.5) is 0 Å². The quantitative estimate of drug-likeness (QED) is 0.0538. The van der Waals surface area contributed by atoms with E-state index >= 15 is 0 Å². The van der Waals surface area contributed by atoms with Crippen LogP contribution in [0.1, 0.15) is 220 Å². The van der Waals surface area contributed by atoms with Crippen molar-refractivity contribution in [1.29, 1.82) is 0 Å². The molecule has 0 saturated carbocycles. The highest BCUT2D eigenvalue weighted by Gasteiger charge is 2.24. The Labute approximate surface area is 329 Å². The molecule has 0 aliphatic rings. The zero-order chi connectivity index (χ0) is 38.7. The second kappa shape index (κ2) is 34.6. The third kappa shape index (κ3) is 28.2. The lowest BCUT2D eigenvalue weighted by Gasteiger charge is -2.28. The molecule has 308 valence electrons. The van der Waals surface area contributed by atoms with Gasteiger partial charge in [0.25, 0.3) is 0 Å². The molecule has 0 aromatic heterocycles. The molecule has 0 radical (unpaired) electrons. The number of likely N-dealkylation sites (N-methyl/N-ethyl adjacent to an activating group) is 1. The molecule has 5 nitrogen and oxygen atoms in total. The monoisotopic (exact) mass is 742 g/mol. The third-order valence-electron chi connectivity index (χ3n) is 11.6. The fraction of sp³-hybridized carbons (Fsp3) is 0.833. The predicted octanol–water partition coefficient (Wildman–Crippen LogP) is 14.2. The SMILES string of the molecule is CCCCCCCCC(CCCCCCCCC(=O)OCCOc1ccccc1)C(CCCCCCCC)CCCCCCCCC(=O)C(C)(C)NC. The summed E-state index contributed by atoms with van der Waals surface area (Å²) in [5.41, 5.74) is -0.395. The van der Waals surface area contributed by atoms with E-state index in [1.54, 1.807) is 0 Å². The number of hydrogen-bond donors (Lipinski definition) is 1. The number of Topliss-reactive ketones (excluding diaryl/α,β-unsaturated/α-hetero) is 1. The van der Waals surface area contributed by atoms with Crippen LogP contribution in [0.3, 0.4) is 0 Å². The molecule has 1 N–H and O–H groups in total. The van der Waals surface area contributed by atoms with Crippen molar-refractivity contribution in [2.45, 2.75) is 226 Å². The number of ether oxygens (including phenoxy) is 2. The van der Waals surface area contributed by atoms with Gasteiger partial charge in [-0.3, -0.25) is 9.59 Å². The zero-order valence-electron chi connectivity index (χ0n) is 35.8. The van der Waals surface area contributed by atoms with Crippen LogP contribution < -0.4 is 10.1 Å². The Balaban J connectivity index is 2.47. The van der Waals surface area contributed by atoms with E-state index in [-0.39, 0.29) is 5.97 Å². The molecule has 2 unspecified atom stereocenters. The Kier molecular flexibility index (Phi) is 32.1. The van der Waals surface area contributed by atoms with E-state index in [0.717, 1.165) is 36.8 Å². The van der Waals surface area contributed by atoms with Crippen LogP contribution in [-0.2, 0) is 14.3 Å². The lowest BCUT2D eigenvalue weighted by atomic mass is 9.78. The molecular weight excluding hydrogens is 655 g/mol. The number of rotatable bonds is 39. The van der Waals surface area contributed by atoms with Gasteiger partial charge < -0.3 is 14.8 Å².